The minimum Gasteiger partial charge on any atom is -0.380 e. The van der Waals surface area contributed by atoms with E-state index in [9.17, 15) is 5.11 Å². The van der Waals surface area contributed by atoms with Crippen molar-refractivity contribution in [1.29, 1.82) is 0 Å². The number of rotatable bonds is 9. The second-order valence-electron chi connectivity index (χ2n) is 5.26. The SMILES string of the molecule is CCCCOC[C@H]1C[C@@](C)(OCCCC)C(O)S1. The van der Waals surface area contributed by atoms with Gasteiger partial charge in [0.05, 0.1) is 6.61 Å². The largest absolute Gasteiger partial charge is 0.380 e. The molecule has 108 valence electrons. The Kier molecular flexibility index (Phi) is 7.61. The zero-order valence-electron chi connectivity index (χ0n) is 12.0. The molecule has 0 aliphatic carbocycles. The van der Waals surface area contributed by atoms with Crippen molar-refractivity contribution >= 4 is 11.8 Å². The van der Waals surface area contributed by atoms with Crippen molar-refractivity contribution in [2.75, 3.05) is 19.8 Å². The number of thioether (sulfide) groups is 1. The van der Waals surface area contributed by atoms with Crippen LogP contribution in [0.1, 0.15) is 52.9 Å². The highest BCUT2D eigenvalue weighted by Crippen LogP contribution is 2.42. The second-order valence-corrected chi connectivity index (χ2v) is 6.64. The summed E-state index contributed by atoms with van der Waals surface area (Å²) in [5.41, 5.74) is -0.812. The molecule has 18 heavy (non-hydrogen) atoms. The Bertz CT molecular complexity index is 225. The van der Waals surface area contributed by atoms with Crippen molar-refractivity contribution in [3.8, 4) is 0 Å². The van der Waals surface area contributed by atoms with E-state index in [1.54, 1.807) is 11.8 Å². The number of unbranched alkanes of at least 4 members (excludes halogenated alkanes) is 2. The Morgan fingerprint density at radius 3 is 2.56 bits per heavy atom. The van der Waals surface area contributed by atoms with Gasteiger partial charge in [0.15, 0.2) is 0 Å². The topological polar surface area (TPSA) is 38.7 Å². The Morgan fingerprint density at radius 1 is 1.22 bits per heavy atom. The van der Waals surface area contributed by atoms with Gasteiger partial charge in [0.1, 0.15) is 11.0 Å². The summed E-state index contributed by atoms with van der Waals surface area (Å²) in [5, 5.41) is 10.5. The van der Waals surface area contributed by atoms with E-state index in [-0.39, 0.29) is 0 Å². The van der Waals surface area contributed by atoms with Crippen LogP contribution in [0.15, 0.2) is 0 Å². The fraction of sp³-hybridized carbons (Fsp3) is 1.00. The minimum absolute atomic E-state index is 0.364. The molecule has 1 unspecified atom stereocenters. The minimum atomic E-state index is -0.422. The zero-order valence-corrected chi connectivity index (χ0v) is 12.8. The molecule has 1 aliphatic heterocycles. The van der Waals surface area contributed by atoms with Crippen molar-refractivity contribution in [2.45, 2.75) is 69.2 Å². The third kappa shape index (κ3) is 5.08. The highest BCUT2D eigenvalue weighted by Gasteiger charge is 2.44. The summed E-state index contributed by atoms with van der Waals surface area (Å²) in [7, 11) is 0. The summed E-state index contributed by atoms with van der Waals surface area (Å²) in [6.07, 6.45) is 5.35. The molecule has 1 fully saturated rings. The Hall–Kier alpha value is 0.230. The molecule has 0 aromatic heterocycles. The van der Waals surface area contributed by atoms with Crippen LogP contribution in [-0.2, 0) is 9.47 Å². The molecule has 0 amide bonds. The quantitative estimate of drug-likeness (QED) is 0.656. The summed E-state index contributed by atoms with van der Waals surface area (Å²) >= 11 is 1.59. The van der Waals surface area contributed by atoms with Crippen molar-refractivity contribution in [3.05, 3.63) is 0 Å². The third-order valence-electron chi connectivity index (χ3n) is 3.35. The van der Waals surface area contributed by atoms with Gasteiger partial charge in [-0.2, -0.15) is 0 Å². The number of ether oxygens (including phenoxy) is 2. The predicted octanol–water partition coefficient (Wildman–Crippen LogP) is 3.20. The number of aliphatic hydroxyl groups is 1. The van der Waals surface area contributed by atoms with E-state index in [1.165, 1.54) is 0 Å². The van der Waals surface area contributed by atoms with Crippen molar-refractivity contribution in [1.82, 2.24) is 0 Å². The van der Waals surface area contributed by atoms with Crippen molar-refractivity contribution < 1.29 is 14.6 Å². The first-order valence-corrected chi connectivity index (χ1v) is 8.12. The smallest absolute Gasteiger partial charge is 0.128 e. The molecule has 0 spiro atoms. The van der Waals surface area contributed by atoms with E-state index in [0.29, 0.717) is 5.25 Å². The first-order valence-electron chi connectivity index (χ1n) is 7.17. The molecule has 0 aromatic carbocycles. The summed E-state index contributed by atoms with van der Waals surface area (Å²) < 4.78 is 11.5. The average Bonchev–Trinajstić information content (AvgIpc) is 2.61. The standard InChI is InChI=1S/C14H28O3S/c1-4-6-8-16-11-12-10-14(3,13(15)18-12)17-9-7-5-2/h12-13,15H,4-11H2,1-3H3/t12-,13?,14-/m1/s1. The highest BCUT2D eigenvalue weighted by molar-refractivity contribution is 8.00. The third-order valence-corrected chi connectivity index (χ3v) is 4.80. The van der Waals surface area contributed by atoms with Crippen LogP contribution in [0.5, 0.6) is 0 Å². The molecular formula is C14H28O3S. The monoisotopic (exact) mass is 276 g/mol. The Morgan fingerprint density at radius 2 is 1.89 bits per heavy atom. The van der Waals surface area contributed by atoms with E-state index in [2.05, 4.69) is 13.8 Å². The van der Waals surface area contributed by atoms with Crippen molar-refractivity contribution in [3.63, 3.8) is 0 Å². The molecular weight excluding hydrogens is 248 g/mol. The first kappa shape index (κ1) is 16.3. The van der Waals surface area contributed by atoms with Gasteiger partial charge in [0.25, 0.3) is 0 Å². The van der Waals surface area contributed by atoms with E-state index in [4.69, 9.17) is 9.47 Å². The second kappa shape index (κ2) is 8.41. The van der Waals surface area contributed by atoms with Crippen LogP contribution in [0, 0.1) is 0 Å². The summed E-state index contributed by atoms with van der Waals surface area (Å²) in [4.78, 5) is 0. The van der Waals surface area contributed by atoms with E-state index >= 15 is 0 Å². The van der Waals surface area contributed by atoms with Crippen LogP contribution in [0.25, 0.3) is 0 Å². The summed E-state index contributed by atoms with van der Waals surface area (Å²) in [6, 6.07) is 0. The maximum Gasteiger partial charge on any atom is 0.128 e. The lowest BCUT2D eigenvalue weighted by atomic mass is 10.0. The van der Waals surface area contributed by atoms with E-state index in [0.717, 1.165) is 51.9 Å². The fourth-order valence-electron chi connectivity index (χ4n) is 2.07. The van der Waals surface area contributed by atoms with Gasteiger partial charge in [-0.05, 0) is 26.2 Å². The zero-order chi connectivity index (χ0) is 13.4. The van der Waals surface area contributed by atoms with Crippen LogP contribution in [0.4, 0.5) is 0 Å². The van der Waals surface area contributed by atoms with Crippen LogP contribution in [0.2, 0.25) is 0 Å². The lowest BCUT2D eigenvalue weighted by Crippen LogP contribution is -2.36. The normalized spacial score (nSPS) is 32.0. The van der Waals surface area contributed by atoms with Gasteiger partial charge in [0, 0.05) is 18.5 Å². The Balaban J connectivity index is 2.26. The fourth-order valence-corrected chi connectivity index (χ4v) is 3.49. The summed E-state index contributed by atoms with van der Waals surface area (Å²) in [6.45, 7) is 8.64. The van der Waals surface area contributed by atoms with Gasteiger partial charge in [-0.15, -0.1) is 11.8 Å². The lowest BCUT2D eigenvalue weighted by molar-refractivity contribution is -0.0799. The Labute approximate surface area is 116 Å². The molecule has 1 rings (SSSR count). The van der Waals surface area contributed by atoms with Gasteiger partial charge < -0.3 is 14.6 Å². The van der Waals surface area contributed by atoms with Crippen LogP contribution < -0.4 is 0 Å². The van der Waals surface area contributed by atoms with Crippen molar-refractivity contribution in [2.24, 2.45) is 0 Å². The molecule has 3 nitrogen and oxygen atoms in total. The molecule has 1 saturated heterocycles. The molecule has 1 N–H and O–H groups in total. The molecule has 1 aliphatic rings. The predicted molar refractivity (Wildman–Crippen MR) is 77.0 cm³/mol. The average molecular weight is 276 g/mol. The van der Waals surface area contributed by atoms with Gasteiger partial charge >= 0.3 is 0 Å². The molecule has 0 bridgehead atoms. The van der Waals surface area contributed by atoms with Gasteiger partial charge in [0.2, 0.25) is 0 Å². The van der Waals surface area contributed by atoms with Gasteiger partial charge in [-0.1, -0.05) is 26.7 Å². The molecule has 4 heteroatoms. The van der Waals surface area contributed by atoms with Crippen LogP contribution in [-0.4, -0.2) is 41.2 Å². The van der Waals surface area contributed by atoms with Crippen LogP contribution >= 0.6 is 11.8 Å². The number of aliphatic hydroxyl groups excluding tert-OH is 1. The maximum atomic E-state index is 10.1. The molecule has 0 aromatic rings. The number of hydrogen-bond donors (Lipinski definition) is 1. The molecule has 3 atom stereocenters. The lowest BCUT2D eigenvalue weighted by Gasteiger charge is -2.27. The molecule has 0 saturated carbocycles. The first-order chi connectivity index (χ1) is 8.62. The maximum absolute atomic E-state index is 10.1. The highest BCUT2D eigenvalue weighted by atomic mass is 32.2. The summed E-state index contributed by atoms with van der Waals surface area (Å²) in [5.74, 6) is 0. The van der Waals surface area contributed by atoms with E-state index < -0.39 is 11.0 Å². The van der Waals surface area contributed by atoms with Gasteiger partial charge in [-0.3, -0.25) is 0 Å². The number of hydrogen-bond acceptors (Lipinski definition) is 4. The van der Waals surface area contributed by atoms with E-state index in [1.807, 2.05) is 6.92 Å². The molecule has 0 radical (unpaired) electrons. The molecule has 1 heterocycles. The van der Waals surface area contributed by atoms with Crippen LogP contribution in [0.3, 0.4) is 0 Å². The van der Waals surface area contributed by atoms with Gasteiger partial charge in [-0.25, -0.2) is 0 Å².